The molecule has 0 bridgehead atoms. The Kier molecular flexibility index (Phi) is 6.56. The number of anilines is 1. The van der Waals surface area contributed by atoms with Gasteiger partial charge < -0.3 is 11.1 Å². The number of carbonyl (C=O) groups excluding carboxylic acids is 2. The second-order valence-corrected chi connectivity index (χ2v) is 7.14. The molecule has 1 fully saturated rings. The number of nitrogens with one attached hydrogen (secondary N) is 1. The molecule has 0 aromatic heterocycles. The Bertz CT molecular complexity index is 942. The molecule has 0 aliphatic carbocycles. The molecule has 1 aliphatic rings. The van der Waals surface area contributed by atoms with Crippen LogP contribution in [0.5, 0.6) is 0 Å². The number of halogens is 3. The van der Waals surface area contributed by atoms with Gasteiger partial charge in [0, 0.05) is 18.3 Å². The Balaban J connectivity index is 1.74. The zero-order valence-electron chi connectivity index (χ0n) is 16.2. The third kappa shape index (κ3) is 5.48. The Morgan fingerprint density at radius 2 is 1.87 bits per heavy atom. The molecule has 1 atom stereocenters. The lowest BCUT2D eigenvalue weighted by molar-refractivity contribution is -0.122. The van der Waals surface area contributed by atoms with Crippen molar-refractivity contribution in [2.75, 3.05) is 11.9 Å². The van der Waals surface area contributed by atoms with Crippen LogP contribution in [-0.2, 0) is 16.1 Å². The molecule has 2 amide bonds. The van der Waals surface area contributed by atoms with E-state index in [0.717, 1.165) is 18.5 Å². The van der Waals surface area contributed by atoms with Gasteiger partial charge >= 0.3 is 6.18 Å². The van der Waals surface area contributed by atoms with E-state index in [1.165, 1.54) is 24.3 Å². The number of allylic oxidation sites excluding steroid dienone is 1. The van der Waals surface area contributed by atoms with Crippen LogP contribution in [0.2, 0.25) is 0 Å². The molecule has 1 saturated heterocycles. The average Bonchev–Trinajstić information content (AvgIpc) is 3.14. The SMILES string of the molecule is NC(=O)C1CCCN1Cc1cccc(NC(=O)/C=C(/c2ccccc2)C(F)(F)F)c1. The van der Waals surface area contributed by atoms with Crippen LogP contribution in [0, 0.1) is 0 Å². The van der Waals surface area contributed by atoms with Crippen LogP contribution in [0.3, 0.4) is 0 Å². The highest BCUT2D eigenvalue weighted by Gasteiger charge is 2.35. The van der Waals surface area contributed by atoms with Crippen molar-refractivity contribution in [2.45, 2.75) is 31.6 Å². The molecule has 30 heavy (non-hydrogen) atoms. The zero-order chi connectivity index (χ0) is 21.7. The number of nitrogens with two attached hydrogens (primary N) is 1. The lowest BCUT2D eigenvalue weighted by Crippen LogP contribution is -2.39. The van der Waals surface area contributed by atoms with Crippen molar-refractivity contribution < 1.29 is 22.8 Å². The fourth-order valence-electron chi connectivity index (χ4n) is 3.58. The third-order valence-corrected chi connectivity index (χ3v) is 4.94. The number of carbonyl (C=O) groups is 2. The number of hydrogen-bond donors (Lipinski definition) is 2. The summed E-state index contributed by atoms with van der Waals surface area (Å²) in [5.41, 5.74) is 5.53. The van der Waals surface area contributed by atoms with Gasteiger partial charge in [-0.25, -0.2) is 0 Å². The number of rotatable bonds is 6. The summed E-state index contributed by atoms with van der Waals surface area (Å²) < 4.78 is 40.2. The number of alkyl halides is 3. The minimum atomic E-state index is -4.67. The van der Waals surface area contributed by atoms with Crippen LogP contribution >= 0.6 is 0 Å². The fourth-order valence-corrected chi connectivity index (χ4v) is 3.58. The van der Waals surface area contributed by atoms with Crippen molar-refractivity contribution in [3.05, 3.63) is 71.8 Å². The molecule has 158 valence electrons. The second kappa shape index (κ2) is 9.13. The van der Waals surface area contributed by atoms with E-state index in [4.69, 9.17) is 5.73 Å². The molecule has 1 unspecified atom stereocenters. The number of likely N-dealkylation sites (tertiary alicyclic amines) is 1. The van der Waals surface area contributed by atoms with Crippen LogP contribution in [0.15, 0.2) is 60.7 Å². The van der Waals surface area contributed by atoms with Gasteiger partial charge in [0.2, 0.25) is 11.8 Å². The van der Waals surface area contributed by atoms with E-state index in [0.29, 0.717) is 24.7 Å². The Morgan fingerprint density at radius 1 is 1.13 bits per heavy atom. The van der Waals surface area contributed by atoms with Gasteiger partial charge in [0.25, 0.3) is 0 Å². The summed E-state index contributed by atoms with van der Waals surface area (Å²) in [6.45, 7) is 1.20. The average molecular weight is 417 g/mol. The topological polar surface area (TPSA) is 75.4 Å². The highest BCUT2D eigenvalue weighted by molar-refractivity contribution is 6.04. The summed E-state index contributed by atoms with van der Waals surface area (Å²) in [5.74, 6) is -1.25. The number of benzene rings is 2. The molecular weight excluding hydrogens is 395 g/mol. The molecule has 5 nitrogen and oxygen atoms in total. The van der Waals surface area contributed by atoms with E-state index in [2.05, 4.69) is 5.32 Å². The van der Waals surface area contributed by atoms with Gasteiger partial charge in [0.05, 0.1) is 11.6 Å². The Labute approximate surface area is 172 Å². The van der Waals surface area contributed by atoms with Gasteiger partial charge in [0.1, 0.15) is 0 Å². The van der Waals surface area contributed by atoms with Gasteiger partial charge in [-0.05, 0) is 42.6 Å². The van der Waals surface area contributed by atoms with Gasteiger partial charge in [0.15, 0.2) is 0 Å². The van der Waals surface area contributed by atoms with Crippen LogP contribution in [0.25, 0.3) is 5.57 Å². The molecule has 1 aliphatic heterocycles. The molecule has 1 heterocycles. The molecular formula is C22H22F3N3O2. The number of hydrogen-bond acceptors (Lipinski definition) is 3. The fraction of sp³-hybridized carbons (Fsp3) is 0.273. The maximum atomic E-state index is 13.4. The number of amides is 2. The molecule has 2 aromatic rings. The van der Waals surface area contributed by atoms with Crippen LogP contribution in [0.4, 0.5) is 18.9 Å². The standard InChI is InChI=1S/C22H22F3N3O2/c23-22(24,25)18(16-7-2-1-3-8-16)13-20(29)27-17-9-4-6-15(12-17)14-28-11-5-10-19(28)21(26)30/h1-4,6-9,12-13,19H,5,10-11,14H2,(H2,26,30)(H,27,29)/b18-13-. The van der Waals surface area contributed by atoms with Crippen molar-refractivity contribution in [1.29, 1.82) is 0 Å². The van der Waals surface area contributed by atoms with E-state index in [1.54, 1.807) is 24.3 Å². The summed E-state index contributed by atoms with van der Waals surface area (Å²) >= 11 is 0. The van der Waals surface area contributed by atoms with Gasteiger partial charge in [-0.1, -0.05) is 42.5 Å². The maximum absolute atomic E-state index is 13.4. The summed E-state index contributed by atoms with van der Waals surface area (Å²) in [5, 5.41) is 2.49. The minimum absolute atomic E-state index is 0.0829. The van der Waals surface area contributed by atoms with E-state index in [-0.39, 0.29) is 17.5 Å². The quantitative estimate of drug-likeness (QED) is 0.704. The van der Waals surface area contributed by atoms with Crippen LogP contribution in [0.1, 0.15) is 24.0 Å². The van der Waals surface area contributed by atoms with Gasteiger partial charge in [-0.3, -0.25) is 14.5 Å². The first-order valence-corrected chi connectivity index (χ1v) is 9.51. The van der Waals surface area contributed by atoms with Crippen molar-refractivity contribution in [3.63, 3.8) is 0 Å². The third-order valence-electron chi connectivity index (χ3n) is 4.94. The Morgan fingerprint density at radius 3 is 2.53 bits per heavy atom. The first-order chi connectivity index (χ1) is 14.2. The van der Waals surface area contributed by atoms with E-state index >= 15 is 0 Å². The van der Waals surface area contributed by atoms with Crippen LogP contribution in [-0.4, -0.2) is 35.5 Å². The summed E-state index contributed by atoms with van der Waals surface area (Å²) in [4.78, 5) is 25.8. The lowest BCUT2D eigenvalue weighted by Gasteiger charge is -2.22. The summed E-state index contributed by atoms with van der Waals surface area (Å²) in [6, 6.07) is 13.6. The zero-order valence-corrected chi connectivity index (χ0v) is 16.2. The predicted molar refractivity (Wildman–Crippen MR) is 108 cm³/mol. The maximum Gasteiger partial charge on any atom is 0.417 e. The normalized spacial score (nSPS) is 17.7. The number of primary amides is 1. The van der Waals surface area contributed by atoms with Crippen molar-refractivity contribution in [1.82, 2.24) is 4.90 Å². The van der Waals surface area contributed by atoms with E-state index < -0.39 is 17.7 Å². The first-order valence-electron chi connectivity index (χ1n) is 9.51. The molecule has 8 heteroatoms. The summed E-state index contributed by atoms with van der Waals surface area (Å²) in [6.07, 6.45) is -2.53. The monoisotopic (exact) mass is 417 g/mol. The molecule has 0 saturated carbocycles. The number of nitrogens with zero attached hydrogens (tertiary/aromatic N) is 1. The largest absolute Gasteiger partial charge is 0.417 e. The van der Waals surface area contributed by atoms with Crippen LogP contribution < -0.4 is 11.1 Å². The highest BCUT2D eigenvalue weighted by atomic mass is 19.4. The molecule has 3 N–H and O–H groups in total. The second-order valence-electron chi connectivity index (χ2n) is 7.14. The molecule has 0 radical (unpaired) electrons. The molecule has 2 aromatic carbocycles. The van der Waals surface area contributed by atoms with E-state index in [1.807, 2.05) is 11.0 Å². The smallest absolute Gasteiger partial charge is 0.368 e. The summed E-state index contributed by atoms with van der Waals surface area (Å²) in [7, 11) is 0. The van der Waals surface area contributed by atoms with Crippen molar-refractivity contribution >= 4 is 23.1 Å². The van der Waals surface area contributed by atoms with Crippen molar-refractivity contribution in [3.8, 4) is 0 Å². The van der Waals surface area contributed by atoms with E-state index in [9.17, 15) is 22.8 Å². The van der Waals surface area contributed by atoms with Gasteiger partial charge in [-0.2, -0.15) is 13.2 Å². The molecule has 0 spiro atoms. The van der Waals surface area contributed by atoms with Crippen molar-refractivity contribution in [2.24, 2.45) is 5.73 Å². The first kappa shape index (κ1) is 21.6. The Hall–Kier alpha value is -3.13. The predicted octanol–water partition coefficient (Wildman–Crippen LogP) is 3.72. The highest BCUT2D eigenvalue weighted by Crippen LogP contribution is 2.33. The van der Waals surface area contributed by atoms with Gasteiger partial charge in [-0.15, -0.1) is 0 Å². The lowest BCUT2D eigenvalue weighted by atomic mass is 10.1. The molecule has 3 rings (SSSR count). The minimum Gasteiger partial charge on any atom is -0.368 e.